The number of ether oxygens (including phenoxy) is 1. The largest absolute Gasteiger partial charge is 0.450 e. The van der Waals surface area contributed by atoms with Crippen LogP contribution >= 0.6 is 11.3 Å². The molecule has 0 aliphatic heterocycles. The topological polar surface area (TPSA) is 133 Å². The fourth-order valence-electron chi connectivity index (χ4n) is 2.16. The molecule has 1 heterocycles. The van der Waals surface area contributed by atoms with Crippen LogP contribution in [0.1, 0.15) is 11.3 Å². The highest BCUT2D eigenvalue weighted by Crippen LogP contribution is 2.34. The van der Waals surface area contributed by atoms with Crippen molar-refractivity contribution in [3.8, 4) is 11.5 Å². The van der Waals surface area contributed by atoms with Crippen molar-refractivity contribution in [1.29, 1.82) is 0 Å². The molecule has 10 nitrogen and oxygen atoms in total. The zero-order valence-electron chi connectivity index (χ0n) is 14.4. The molecule has 0 saturated carbocycles. The average molecular weight is 399 g/mol. The molecule has 142 valence electrons. The molecule has 3 rings (SSSR count). The maximum absolute atomic E-state index is 11.2. The van der Waals surface area contributed by atoms with Gasteiger partial charge in [-0.1, -0.05) is 0 Å². The van der Waals surface area contributed by atoms with E-state index in [1.165, 1.54) is 17.4 Å². The number of anilines is 1. The van der Waals surface area contributed by atoms with Gasteiger partial charge in [-0.25, -0.2) is 4.98 Å². The molecule has 1 N–H and O–H groups in total. The molecule has 28 heavy (non-hydrogen) atoms. The van der Waals surface area contributed by atoms with Gasteiger partial charge in [0, 0.05) is 11.4 Å². The highest BCUT2D eigenvalue weighted by Gasteiger charge is 2.21. The third-order valence-corrected chi connectivity index (χ3v) is 4.32. The minimum atomic E-state index is -0.727. The monoisotopic (exact) mass is 399 g/mol. The minimum Gasteiger partial charge on any atom is -0.450 e. The van der Waals surface area contributed by atoms with Crippen LogP contribution in [0.2, 0.25) is 0 Å². The summed E-state index contributed by atoms with van der Waals surface area (Å²) in [7, 11) is 0. The molecule has 0 atom stereocenters. The van der Waals surface area contributed by atoms with Gasteiger partial charge in [0.25, 0.3) is 5.69 Å². The van der Waals surface area contributed by atoms with E-state index in [1.54, 1.807) is 30.5 Å². The van der Waals surface area contributed by atoms with E-state index < -0.39 is 15.5 Å². The van der Waals surface area contributed by atoms with Crippen molar-refractivity contribution in [3.63, 3.8) is 0 Å². The molecule has 0 fully saturated rings. The highest BCUT2D eigenvalue weighted by molar-refractivity contribution is 7.13. The van der Waals surface area contributed by atoms with Gasteiger partial charge in [-0.05, 0) is 42.8 Å². The Morgan fingerprint density at radius 1 is 1.14 bits per heavy atom. The van der Waals surface area contributed by atoms with Gasteiger partial charge < -0.3 is 4.74 Å². The molecule has 2 aromatic carbocycles. The van der Waals surface area contributed by atoms with Gasteiger partial charge in [0.15, 0.2) is 0 Å². The van der Waals surface area contributed by atoms with Gasteiger partial charge in [-0.2, -0.15) is 5.10 Å². The zero-order chi connectivity index (χ0) is 20.1. The zero-order valence-corrected chi connectivity index (χ0v) is 15.3. The van der Waals surface area contributed by atoms with E-state index in [9.17, 15) is 20.2 Å². The van der Waals surface area contributed by atoms with Crippen LogP contribution in [0, 0.1) is 27.2 Å². The van der Waals surface area contributed by atoms with Crippen molar-refractivity contribution in [1.82, 2.24) is 4.98 Å². The number of nitro groups is 2. The number of hydrogen-bond donors (Lipinski definition) is 1. The van der Waals surface area contributed by atoms with E-state index in [4.69, 9.17) is 4.74 Å². The van der Waals surface area contributed by atoms with E-state index in [1.807, 2.05) is 12.3 Å². The number of nitrogens with one attached hydrogen (secondary N) is 1. The van der Waals surface area contributed by atoms with Gasteiger partial charge in [-0.15, -0.1) is 11.3 Å². The number of hydrazone groups is 1. The first-order valence-electron chi connectivity index (χ1n) is 7.84. The molecule has 0 spiro atoms. The van der Waals surface area contributed by atoms with Crippen molar-refractivity contribution < 1.29 is 14.6 Å². The van der Waals surface area contributed by atoms with Gasteiger partial charge in [0.05, 0.1) is 27.8 Å². The summed E-state index contributed by atoms with van der Waals surface area (Å²) in [5.74, 6) is 0.260. The van der Waals surface area contributed by atoms with E-state index in [0.717, 1.165) is 23.4 Å². The number of aromatic nitrogens is 1. The maximum Gasteiger partial charge on any atom is 0.318 e. The summed E-state index contributed by atoms with van der Waals surface area (Å²) in [6, 6.07) is 9.86. The summed E-state index contributed by atoms with van der Waals surface area (Å²) in [5.41, 5.74) is 3.63. The SMILES string of the molecule is Cc1csc(NN=Cc2ccc(Oc3ccc([N+](=O)[O-])cc3[N+](=O)[O-])cc2)n1. The first-order valence-corrected chi connectivity index (χ1v) is 8.72. The number of rotatable bonds is 7. The Hall–Kier alpha value is -3.86. The Balaban J connectivity index is 1.70. The average Bonchev–Trinajstić information content (AvgIpc) is 3.08. The molecule has 0 saturated heterocycles. The van der Waals surface area contributed by atoms with Crippen LogP contribution in [0.25, 0.3) is 0 Å². The predicted molar refractivity (Wildman–Crippen MR) is 104 cm³/mol. The number of thiazole rings is 1. The Morgan fingerprint density at radius 2 is 1.89 bits per heavy atom. The summed E-state index contributed by atoms with van der Waals surface area (Å²) in [4.78, 5) is 24.7. The van der Waals surface area contributed by atoms with Crippen LogP contribution < -0.4 is 10.2 Å². The van der Waals surface area contributed by atoms with E-state index >= 15 is 0 Å². The Labute approximate surface area is 162 Å². The maximum atomic E-state index is 11.2. The number of nitrogens with zero attached hydrogens (tertiary/aromatic N) is 4. The Morgan fingerprint density at radius 3 is 2.50 bits per heavy atom. The summed E-state index contributed by atoms with van der Waals surface area (Å²) >= 11 is 1.44. The van der Waals surface area contributed by atoms with Crippen LogP contribution in [0.3, 0.4) is 0 Å². The quantitative estimate of drug-likeness (QED) is 0.351. The first-order chi connectivity index (χ1) is 13.4. The second kappa shape index (κ2) is 8.22. The third-order valence-electron chi connectivity index (χ3n) is 3.45. The van der Waals surface area contributed by atoms with E-state index in [-0.39, 0.29) is 11.4 Å². The number of hydrogen-bond acceptors (Lipinski definition) is 9. The van der Waals surface area contributed by atoms with Crippen LogP contribution in [0.4, 0.5) is 16.5 Å². The summed E-state index contributed by atoms with van der Waals surface area (Å²) < 4.78 is 5.50. The summed E-state index contributed by atoms with van der Waals surface area (Å²) in [5, 5.41) is 28.6. The van der Waals surface area contributed by atoms with Crippen molar-refractivity contribution >= 4 is 34.1 Å². The fourth-order valence-corrected chi connectivity index (χ4v) is 2.80. The molecular formula is C17H13N5O5S. The molecule has 0 unspecified atom stereocenters. The molecule has 0 bridgehead atoms. The fraction of sp³-hybridized carbons (Fsp3) is 0.0588. The molecule has 0 radical (unpaired) electrons. The molecule has 3 aromatic rings. The Bertz CT molecular complexity index is 1050. The van der Waals surface area contributed by atoms with Gasteiger partial charge >= 0.3 is 5.69 Å². The van der Waals surface area contributed by atoms with E-state index in [0.29, 0.717) is 10.9 Å². The van der Waals surface area contributed by atoms with Crippen molar-refractivity contribution in [2.24, 2.45) is 5.10 Å². The standard InChI is InChI=1S/C17H13N5O5S/c1-11-10-28-17(19-11)20-18-9-12-2-5-14(6-3-12)27-16-7-4-13(21(23)24)8-15(16)22(25)26/h2-10H,1H3,(H,19,20). The second-order valence-corrected chi connectivity index (χ2v) is 6.36. The van der Waals surface area contributed by atoms with Crippen molar-refractivity contribution in [2.45, 2.75) is 6.92 Å². The second-order valence-electron chi connectivity index (χ2n) is 5.50. The van der Waals surface area contributed by atoms with Gasteiger partial charge in [0.1, 0.15) is 5.75 Å². The smallest absolute Gasteiger partial charge is 0.318 e. The molecule has 1 aromatic heterocycles. The molecule has 0 amide bonds. The minimum absolute atomic E-state index is 0.0853. The Kier molecular flexibility index (Phi) is 5.56. The summed E-state index contributed by atoms with van der Waals surface area (Å²) in [6.45, 7) is 1.89. The number of aryl methyl sites for hydroxylation is 1. The molecule has 0 aliphatic rings. The lowest BCUT2D eigenvalue weighted by atomic mass is 10.2. The van der Waals surface area contributed by atoms with Crippen LogP contribution in [0.15, 0.2) is 52.9 Å². The summed E-state index contributed by atoms with van der Waals surface area (Å²) in [6.07, 6.45) is 1.59. The lowest BCUT2D eigenvalue weighted by molar-refractivity contribution is -0.394. The van der Waals surface area contributed by atoms with Crippen molar-refractivity contribution in [2.75, 3.05) is 5.43 Å². The van der Waals surface area contributed by atoms with Crippen LogP contribution in [0.5, 0.6) is 11.5 Å². The molecule has 11 heteroatoms. The molecule has 0 aliphatic carbocycles. The number of benzene rings is 2. The third kappa shape index (κ3) is 4.65. The number of nitro benzene ring substituents is 2. The molecular weight excluding hydrogens is 386 g/mol. The van der Waals surface area contributed by atoms with E-state index in [2.05, 4.69) is 15.5 Å². The lowest BCUT2D eigenvalue weighted by Gasteiger charge is -2.06. The predicted octanol–water partition coefficient (Wildman–Crippen LogP) is 4.51. The number of non-ortho nitro benzene ring substituents is 1. The van der Waals surface area contributed by atoms with Crippen LogP contribution in [-0.2, 0) is 0 Å². The highest BCUT2D eigenvalue weighted by atomic mass is 32.1. The van der Waals surface area contributed by atoms with Gasteiger partial charge in [0.2, 0.25) is 10.9 Å². The lowest BCUT2D eigenvalue weighted by Crippen LogP contribution is -1.96. The normalized spacial score (nSPS) is 10.8. The van der Waals surface area contributed by atoms with Crippen LogP contribution in [-0.4, -0.2) is 21.0 Å². The first kappa shape index (κ1) is 18.9. The van der Waals surface area contributed by atoms with Gasteiger partial charge in [-0.3, -0.25) is 25.7 Å². The van der Waals surface area contributed by atoms with Crippen molar-refractivity contribution in [3.05, 3.63) is 79.3 Å².